The SMILES string of the molecule is COCCO[C@H]1c2ccn3c(C)c(C)nc3c2N[C@H](c2ccccc2)[C@H]1OC(=O)OC1CC(C)CCC1C(C)C. The normalized spacial score (nSPS) is 26.4. The lowest BCUT2D eigenvalue weighted by molar-refractivity contribution is -0.0990. The zero-order valence-electron chi connectivity index (χ0n) is 24.6. The van der Waals surface area contributed by atoms with Crippen LogP contribution in [-0.2, 0) is 18.9 Å². The second kappa shape index (κ2) is 12.2. The van der Waals surface area contributed by atoms with Gasteiger partial charge < -0.3 is 28.7 Å². The second-order valence-corrected chi connectivity index (χ2v) is 11.8. The van der Waals surface area contributed by atoms with Crippen molar-refractivity contribution in [1.82, 2.24) is 9.38 Å². The van der Waals surface area contributed by atoms with E-state index in [4.69, 9.17) is 23.9 Å². The van der Waals surface area contributed by atoms with Gasteiger partial charge >= 0.3 is 6.16 Å². The van der Waals surface area contributed by atoms with Crippen molar-refractivity contribution in [3.05, 3.63) is 65.1 Å². The van der Waals surface area contributed by atoms with Crippen LogP contribution in [0.25, 0.3) is 5.65 Å². The van der Waals surface area contributed by atoms with Crippen molar-refractivity contribution in [3.63, 3.8) is 0 Å². The quantitative estimate of drug-likeness (QED) is 0.244. The highest BCUT2D eigenvalue weighted by Gasteiger charge is 2.43. The van der Waals surface area contributed by atoms with Crippen LogP contribution in [-0.4, -0.2) is 48.1 Å². The van der Waals surface area contributed by atoms with Gasteiger partial charge in [-0.15, -0.1) is 0 Å². The highest BCUT2D eigenvalue weighted by Crippen LogP contribution is 2.45. The molecule has 2 aromatic heterocycles. The van der Waals surface area contributed by atoms with Gasteiger partial charge in [0.2, 0.25) is 0 Å². The fourth-order valence-electron chi connectivity index (χ4n) is 6.35. The lowest BCUT2D eigenvalue weighted by atomic mass is 9.75. The van der Waals surface area contributed by atoms with Gasteiger partial charge in [0.05, 0.1) is 30.6 Å². The predicted octanol–water partition coefficient (Wildman–Crippen LogP) is 6.80. The third-order valence-electron chi connectivity index (χ3n) is 8.72. The van der Waals surface area contributed by atoms with Crippen LogP contribution in [0.2, 0.25) is 0 Å². The standard InChI is InChI=1S/C32H43N3O5/c1-19(2)24-13-12-20(3)18-26(24)39-32(36)40-30-27(23-10-8-7-9-11-23)34-28-25(29(30)38-17-16-37-6)14-15-35-22(5)21(4)33-31(28)35/h7-11,14-15,19-20,24,26-27,29-30,34H,12-13,16-18H2,1-6H3/t20?,24?,26?,27-,29+,30-/m1/s1. The first kappa shape index (κ1) is 28.4. The Balaban J connectivity index is 1.51. The van der Waals surface area contributed by atoms with E-state index in [0.717, 1.165) is 53.1 Å². The molecular weight excluding hydrogens is 506 g/mol. The molecule has 0 saturated heterocycles. The lowest BCUT2D eigenvalue weighted by Crippen LogP contribution is -2.43. The summed E-state index contributed by atoms with van der Waals surface area (Å²) >= 11 is 0. The molecule has 1 saturated carbocycles. The Bertz CT molecular complexity index is 1310. The number of methoxy groups -OCH3 is 1. The number of pyridine rings is 1. The van der Waals surface area contributed by atoms with E-state index in [-0.39, 0.29) is 12.1 Å². The number of fused-ring (bicyclic) bond motifs is 3. The Kier molecular flexibility index (Phi) is 8.66. The molecule has 1 fully saturated rings. The van der Waals surface area contributed by atoms with Gasteiger partial charge in [-0.2, -0.15) is 0 Å². The fourth-order valence-corrected chi connectivity index (χ4v) is 6.35. The van der Waals surface area contributed by atoms with Crippen molar-refractivity contribution < 1.29 is 23.7 Å². The molecule has 8 nitrogen and oxygen atoms in total. The molecule has 3 heterocycles. The molecule has 40 heavy (non-hydrogen) atoms. The maximum absolute atomic E-state index is 13.5. The molecule has 1 N–H and O–H groups in total. The molecule has 1 aliphatic carbocycles. The van der Waals surface area contributed by atoms with Crippen LogP contribution in [0.4, 0.5) is 10.5 Å². The molecule has 2 aliphatic rings. The highest BCUT2D eigenvalue weighted by molar-refractivity contribution is 5.76. The average Bonchev–Trinajstić information content (AvgIpc) is 3.23. The van der Waals surface area contributed by atoms with Crippen molar-refractivity contribution in [2.75, 3.05) is 25.6 Å². The molecule has 0 amide bonds. The Morgan fingerprint density at radius 2 is 1.88 bits per heavy atom. The van der Waals surface area contributed by atoms with Crippen molar-refractivity contribution in [1.29, 1.82) is 0 Å². The number of benzene rings is 1. The summed E-state index contributed by atoms with van der Waals surface area (Å²) in [7, 11) is 1.65. The molecule has 1 aromatic carbocycles. The van der Waals surface area contributed by atoms with Crippen molar-refractivity contribution >= 4 is 17.5 Å². The third-order valence-corrected chi connectivity index (χ3v) is 8.72. The number of carbonyl (C=O) groups is 1. The number of ether oxygens (including phenoxy) is 4. The first-order valence-electron chi connectivity index (χ1n) is 14.6. The Morgan fingerprint density at radius 1 is 1.10 bits per heavy atom. The van der Waals surface area contributed by atoms with Gasteiger partial charge in [0, 0.05) is 24.6 Å². The van der Waals surface area contributed by atoms with Crippen molar-refractivity contribution in [2.24, 2.45) is 17.8 Å². The zero-order chi connectivity index (χ0) is 28.4. The van der Waals surface area contributed by atoms with Gasteiger partial charge in [-0.3, -0.25) is 0 Å². The molecule has 0 spiro atoms. The van der Waals surface area contributed by atoms with Gasteiger partial charge in [-0.1, -0.05) is 57.5 Å². The molecule has 8 heteroatoms. The number of hydrogen-bond donors (Lipinski definition) is 1. The Morgan fingerprint density at radius 3 is 2.60 bits per heavy atom. The summed E-state index contributed by atoms with van der Waals surface area (Å²) in [5.74, 6) is 1.27. The first-order chi connectivity index (χ1) is 19.3. The smallest absolute Gasteiger partial charge is 0.431 e. The minimum Gasteiger partial charge on any atom is -0.431 e. The zero-order valence-corrected chi connectivity index (χ0v) is 24.6. The molecular formula is C32H43N3O5. The van der Waals surface area contributed by atoms with Crippen LogP contribution in [0.1, 0.15) is 74.7 Å². The maximum atomic E-state index is 13.5. The summed E-state index contributed by atoms with van der Waals surface area (Å²) in [6.07, 6.45) is 3.07. The maximum Gasteiger partial charge on any atom is 0.509 e. The summed E-state index contributed by atoms with van der Waals surface area (Å²) in [5, 5.41) is 3.68. The van der Waals surface area contributed by atoms with Crippen molar-refractivity contribution in [3.8, 4) is 0 Å². The van der Waals surface area contributed by atoms with E-state index < -0.39 is 18.4 Å². The van der Waals surface area contributed by atoms with Crippen LogP contribution in [0.5, 0.6) is 0 Å². The van der Waals surface area contributed by atoms with E-state index in [1.165, 1.54) is 0 Å². The van der Waals surface area contributed by atoms with Gasteiger partial charge in [-0.25, -0.2) is 9.78 Å². The van der Waals surface area contributed by atoms with Crippen LogP contribution >= 0.6 is 0 Å². The fraction of sp³-hybridized carbons (Fsp3) is 0.562. The van der Waals surface area contributed by atoms with E-state index in [9.17, 15) is 4.79 Å². The summed E-state index contributed by atoms with van der Waals surface area (Å²) in [5.41, 5.74) is 5.63. The summed E-state index contributed by atoms with van der Waals surface area (Å²) < 4.78 is 26.1. The lowest BCUT2D eigenvalue weighted by Gasteiger charge is -2.41. The van der Waals surface area contributed by atoms with Gasteiger partial charge in [0.1, 0.15) is 12.2 Å². The van der Waals surface area contributed by atoms with Gasteiger partial charge in [0.25, 0.3) is 0 Å². The van der Waals surface area contributed by atoms with E-state index in [0.29, 0.717) is 31.0 Å². The number of nitrogens with one attached hydrogen (secondary N) is 1. The van der Waals surface area contributed by atoms with Gasteiger partial charge in [-0.05, 0) is 56.1 Å². The summed E-state index contributed by atoms with van der Waals surface area (Å²) in [4.78, 5) is 18.4. The van der Waals surface area contributed by atoms with E-state index in [1.807, 2.05) is 49.5 Å². The predicted molar refractivity (Wildman–Crippen MR) is 155 cm³/mol. The number of hydrogen-bond acceptors (Lipinski definition) is 7. The minimum atomic E-state index is -0.669. The molecule has 216 valence electrons. The molecule has 0 bridgehead atoms. The topological polar surface area (TPSA) is 83.3 Å². The van der Waals surface area contributed by atoms with Crippen LogP contribution in [0.3, 0.4) is 0 Å². The molecule has 6 atom stereocenters. The largest absolute Gasteiger partial charge is 0.509 e. The van der Waals surface area contributed by atoms with Gasteiger partial charge in [0.15, 0.2) is 11.8 Å². The first-order valence-corrected chi connectivity index (χ1v) is 14.6. The number of carbonyl (C=O) groups excluding carboxylic acids is 1. The number of anilines is 1. The van der Waals surface area contributed by atoms with E-state index in [1.54, 1.807) is 7.11 Å². The van der Waals surface area contributed by atoms with Crippen molar-refractivity contribution in [2.45, 2.75) is 78.2 Å². The highest BCUT2D eigenvalue weighted by atomic mass is 16.7. The number of rotatable bonds is 8. The molecule has 1 aliphatic heterocycles. The number of nitrogens with zero attached hydrogens (tertiary/aromatic N) is 2. The second-order valence-electron chi connectivity index (χ2n) is 11.8. The van der Waals surface area contributed by atoms with Crippen LogP contribution in [0, 0.1) is 31.6 Å². The third kappa shape index (κ3) is 5.70. The van der Waals surface area contributed by atoms with Crippen LogP contribution in [0.15, 0.2) is 42.6 Å². The van der Waals surface area contributed by atoms with E-state index >= 15 is 0 Å². The minimum absolute atomic E-state index is 0.154. The number of aryl methyl sites for hydroxylation is 2. The Labute approximate surface area is 237 Å². The molecule has 3 unspecified atom stereocenters. The van der Waals surface area contributed by atoms with Crippen LogP contribution < -0.4 is 5.32 Å². The van der Waals surface area contributed by atoms with E-state index in [2.05, 4.69) is 37.4 Å². The Hall–Kier alpha value is -3.10. The average molecular weight is 550 g/mol. The summed E-state index contributed by atoms with van der Waals surface area (Å²) in [6, 6.07) is 11.7. The molecule has 5 rings (SSSR count). The number of imidazole rings is 1. The summed E-state index contributed by atoms with van der Waals surface area (Å²) in [6.45, 7) is 11.5. The molecule has 3 aromatic rings. The number of aromatic nitrogens is 2. The monoisotopic (exact) mass is 549 g/mol. The molecule has 0 radical (unpaired) electrons.